The van der Waals surface area contributed by atoms with Crippen LogP contribution in [0.3, 0.4) is 0 Å². The molecule has 2 heterocycles. The minimum atomic E-state index is -0.159. The van der Waals surface area contributed by atoms with Gasteiger partial charge in [0.25, 0.3) is 0 Å². The summed E-state index contributed by atoms with van der Waals surface area (Å²) >= 11 is 0. The van der Waals surface area contributed by atoms with Crippen LogP contribution in [0.4, 0.5) is 4.79 Å². The van der Waals surface area contributed by atoms with Gasteiger partial charge in [-0.3, -0.25) is 4.90 Å². The minimum absolute atomic E-state index is 0.0257. The number of rotatable bonds is 1. The lowest BCUT2D eigenvalue weighted by Gasteiger charge is -2.19. The summed E-state index contributed by atoms with van der Waals surface area (Å²) in [6, 6.07) is 0. The average molecular weight is 167 g/mol. The number of cyclic esters (lactones) is 1. The van der Waals surface area contributed by atoms with Gasteiger partial charge in [0.05, 0.1) is 5.70 Å². The van der Waals surface area contributed by atoms with E-state index in [2.05, 4.69) is 6.08 Å². The van der Waals surface area contributed by atoms with Crippen LogP contribution in [0.15, 0.2) is 11.8 Å². The maximum absolute atomic E-state index is 11.2. The summed E-state index contributed by atoms with van der Waals surface area (Å²) < 4.78 is 5.18. The zero-order chi connectivity index (χ0) is 8.55. The normalized spacial score (nSPS) is 28.1. The maximum atomic E-state index is 11.2. The van der Waals surface area contributed by atoms with Gasteiger partial charge < -0.3 is 4.74 Å². The van der Waals surface area contributed by atoms with Gasteiger partial charge in [-0.1, -0.05) is 13.0 Å². The maximum Gasteiger partial charge on any atom is 0.414 e. The summed E-state index contributed by atoms with van der Waals surface area (Å²) in [5.74, 6) is 0. The highest BCUT2D eigenvalue weighted by Crippen LogP contribution is 2.28. The molecule has 1 amide bonds. The van der Waals surface area contributed by atoms with Gasteiger partial charge in [0.1, 0.15) is 6.10 Å². The van der Waals surface area contributed by atoms with Crippen LogP contribution in [0.25, 0.3) is 0 Å². The van der Waals surface area contributed by atoms with Crippen molar-refractivity contribution in [1.82, 2.24) is 4.90 Å². The highest BCUT2D eigenvalue weighted by molar-refractivity contribution is 5.74. The predicted octanol–water partition coefficient (Wildman–Crippen LogP) is 1.89. The van der Waals surface area contributed by atoms with Crippen molar-refractivity contribution >= 4 is 6.09 Å². The summed E-state index contributed by atoms with van der Waals surface area (Å²) in [6.07, 6.45) is 5.02. The molecule has 2 rings (SSSR count). The second-order valence-corrected chi connectivity index (χ2v) is 3.20. The van der Waals surface area contributed by atoms with Crippen LogP contribution in [-0.2, 0) is 4.74 Å². The smallest absolute Gasteiger partial charge is 0.414 e. The molecule has 0 aromatic rings. The molecule has 1 atom stereocenters. The molecular formula is C9H13NO2. The summed E-state index contributed by atoms with van der Waals surface area (Å²) in [7, 11) is 0. The number of nitrogens with zero attached hydrogens (tertiary/aromatic N) is 1. The number of allylic oxidation sites excluding steroid dienone is 1. The predicted molar refractivity (Wildman–Crippen MR) is 44.6 cm³/mol. The lowest BCUT2D eigenvalue weighted by Crippen LogP contribution is -2.26. The Morgan fingerprint density at radius 3 is 3.33 bits per heavy atom. The molecule has 0 radical (unpaired) electrons. The molecule has 0 saturated carbocycles. The van der Waals surface area contributed by atoms with Crippen molar-refractivity contribution in [3.05, 3.63) is 11.8 Å². The van der Waals surface area contributed by atoms with E-state index in [9.17, 15) is 4.79 Å². The van der Waals surface area contributed by atoms with Crippen molar-refractivity contribution in [3.8, 4) is 0 Å². The first-order valence-corrected chi connectivity index (χ1v) is 4.51. The molecule has 0 aliphatic carbocycles. The molecule has 0 aromatic carbocycles. The number of carbonyl (C=O) groups excluding carboxylic acids is 1. The van der Waals surface area contributed by atoms with E-state index >= 15 is 0 Å². The first-order valence-electron chi connectivity index (χ1n) is 4.51. The molecule has 66 valence electrons. The molecule has 1 fully saturated rings. The van der Waals surface area contributed by atoms with E-state index < -0.39 is 0 Å². The zero-order valence-electron chi connectivity index (χ0n) is 7.25. The number of hydrogen-bond donors (Lipinski definition) is 0. The molecule has 0 spiro atoms. The van der Waals surface area contributed by atoms with Gasteiger partial charge in [0.15, 0.2) is 0 Å². The number of fused-ring (bicyclic) bond motifs is 1. The summed E-state index contributed by atoms with van der Waals surface area (Å²) in [5, 5.41) is 0. The van der Waals surface area contributed by atoms with Gasteiger partial charge in [0, 0.05) is 6.54 Å². The van der Waals surface area contributed by atoms with E-state index in [4.69, 9.17) is 4.74 Å². The molecule has 1 unspecified atom stereocenters. The van der Waals surface area contributed by atoms with E-state index in [1.54, 1.807) is 4.90 Å². The second kappa shape index (κ2) is 2.81. The third-order valence-corrected chi connectivity index (χ3v) is 2.42. The van der Waals surface area contributed by atoms with Crippen molar-refractivity contribution in [3.63, 3.8) is 0 Å². The summed E-state index contributed by atoms with van der Waals surface area (Å²) in [5.41, 5.74) is 1.09. The highest BCUT2D eigenvalue weighted by Gasteiger charge is 2.36. The fourth-order valence-electron chi connectivity index (χ4n) is 1.78. The van der Waals surface area contributed by atoms with Crippen molar-refractivity contribution in [2.45, 2.75) is 32.3 Å². The van der Waals surface area contributed by atoms with Gasteiger partial charge in [-0.25, -0.2) is 4.79 Å². The highest BCUT2D eigenvalue weighted by atomic mass is 16.6. The molecule has 3 nitrogen and oxygen atoms in total. The van der Waals surface area contributed by atoms with Crippen LogP contribution in [0.5, 0.6) is 0 Å². The van der Waals surface area contributed by atoms with Crippen molar-refractivity contribution in [1.29, 1.82) is 0 Å². The Morgan fingerprint density at radius 2 is 2.58 bits per heavy atom. The number of hydrogen-bond acceptors (Lipinski definition) is 2. The van der Waals surface area contributed by atoms with E-state index in [0.29, 0.717) is 0 Å². The molecule has 0 aromatic heterocycles. The molecule has 0 bridgehead atoms. The molecule has 0 N–H and O–H groups in total. The summed E-state index contributed by atoms with van der Waals surface area (Å²) in [6.45, 7) is 2.87. The van der Waals surface area contributed by atoms with Crippen LogP contribution >= 0.6 is 0 Å². The van der Waals surface area contributed by atoms with Crippen LogP contribution < -0.4 is 0 Å². The number of ether oxygens (including phenoxy) is 1. The van der Waals surface area contributed by atoms with Crippen molar-refractivity contribution in [2.75, 3.05) is 6.54 Å². The van der Waals surface area contributed by atoms with Crippen LogP contribution in [0.2, 0.25) is 0 Å². The Labute approximate surface area is 72.0 Å². The molecule has 1 saturated heterocycles. The molecule has 2 aliphatic heterocycles. The fraction of sp³-hybridized carbons (Fsp3) is 0.667. The lowest BCUT2D eigenvalue weighted by molar-refractivity contribution is 0.132. The Bertz CT molecular complexity index is 235. The second-order valence-electron chi connectivity index (χ2n) is 3.20. The topological polar surface area (TPSA) is 29.5 Å². The third kappa shape index (κ3) is 1.00. The SMILES string of the molecule is CCC1OC(=O)N2CCCC=C12. The third-order valence-electron chi connectivity index (χ3n) is 2.42. The largest absolute Gasteiger partial charge is 0.439 e. The molecule has 3 heteroatoms. The fourth-order valence-corrected chi connectivity index (χ4v) is 1.78. The standard InChI is InChI=1S/C9H13NO2/c1-2-8-7-5-3-4-6-10(7)9(11)12-8/h5,8H,2-4,6H2,1H3. The van der Waals surface area contributed by atoms with E-state index in [1.165, 1.54) is 0 Å². The van der Waals surface area contributed by atoms with E-state index in [0.717, 1.165) is 31.5 Å². The summed E-state index contributed by atoms with van der Waals surface area (Å²) in [4.78, 5) is 13.0. The molecule has 12 heavy (non-hydrogen) atoms. The zero-order valence-corrected chi connectivity index (χ0v) is 7.25. The van der Waals surface area contributed by atoms with Gasteiger partial charge in [0.2, 0.25) is 0 Å². The monoisotopic (exact) mass is 167 g/mol. The van der Waals surface area contributed by atoms with Crippen LogP contribution in [0, 0.1) is 0 Å². The minimum Gasteiger partial charge on any atom is -0.439 e. The van der Waals surface area contributed by atoms with Crippen molar-refractivity contribution in [2.24, 2.45) is 0 Å². The quantitative estimate of drug-likeness (QED) is 0.597. The van der Waals surface area contributed by atoms with Crippen molar-refractivity contribution < 1.29 is 9.53 Å². The Hall–Kier alpha value is -0.990. The number of amides is 1. The van der Waals surface area contributed by atoms with Gasteiger partial charge in [-0.2, -0.15) is 0 Å². The molecule has 2 aliphatic rings. The number of carbonyl (C=O) groups is 1. The van der Waals surface area contributed by atoms with Gasteiger partial charge in [-0.15, -0.1) is 0 Å². The van der Waals surface area contributed by atoms with Crippen LogP contribution in [-0.4, -0.2) is 23.6 Å². The Morgan fingerprint density at radius 1 is 1.75 bits per heavy atom. The first kappa shape index (κ1) is 7.65. The molecular weight excluding hydrogens is 154 g/mol. The van der Waals surface area contributed by atoms with E-state index in [1.807, 2.05) is 6.92 Å². The Kier molecular flexibility index (Phi) is 1.79. The van der Waals surface area contributed by atoms with E-state index in [-0.39, 0.29) is 12.2 Å². The first-order chi connectivity index (χ1) is 5.83. The van der Waals surface area contributed by atoms with Crippen LogP contribution in [0.1, 0.15) is 26.2 Å². The van der Waals surface area contributed by atoms with Gasteiger partial charge >= 0.3 is 6.09 Å². The Balaban J connectivity index is 2.24. The average Bonchev–Trinajstić information content (AvgIpc) is 2.44. The van der Waals surface area contributed by atoms with Gasteiger partial charge in [-0.05, 0) is 19.3 Å². The lowest BCUT2D eigenvalue weighted by atomic mass is 10.1.